The SMILES string of the molecule is CCC(C)NC(=O)Cn1c(Cc2ccc(OC)c(OC)c2)nc2ccccc21. The summed E-state index contributed by atoms with van der Waals surface area (Å²) in [5.41, 5.74) is 2.88. The second-order valence-electron chi connectivity index (χ2n) is 6.85. The van der Waals surface area contributed by atoms with E-state index in [1.54, 1.807) is 14.2 Å². The third-order valence-electron chi connectivity index (χ3n) is 4.87. The zero-order valence-corrected chi connectivity index (χ0v) is 16.9. The molecule has 0 saturated carbocycles. The number of carbonyl (C=O) groups excluding carboxylic acids is 1. The van der Waals surface area contributed by atoms with Gasteiger partial charge in [0.05, 0.1) is 25.3 Å². The molecule has 6 nitrogen and oxygen atoms in total. The number of nitrogens with one attached hydrogen (secondary N) is 1. The number of carbonyl (C=O) groups is 1. The van der Waals surface area contributed by atoms with Crippen molar-refractivity contribution in [2.24, 2.45) is 0 Å². The summed E-state index contributed by atoms with van der Waals surface area (Å²) in [6, 6.07) is 13.9. The molecular weight excluding hydrogens is 354 g/mol. The summed E-state index contributed by atoms with van der Waals surface area (Å²) in [6.45, 7) is 4.31. The Morgan fingerprint density at radius 3 is 2.61 bits per heavy atom. The van der Waals surface area contributed by atoms with Crippen LogP contribution in [0.5, 0.6) is 11.5 Å². The highest BCUT2D eigenvalue weighted by Gasteiger charge is 2.16. The number of hydrogen-bond acceptors (Lipinski definition) is 4. The van der Waals surface area contributed by atoms with Gasteiger partial charge in [0.25, 0.3) is 0 Å². The van der Waals surface area contributed by atoms with Crippen LogP contribution in [0.25, 0.3) is 11.0 Å². The first-order valence-corrected chi connectivity index (χ1v) is 9.50. The fourth-order valence-electron chi connectivity index (χ4n) is 3.18. The fourth-order valence-corrected chi connectivity index (χ4v) is 3.18. The van der Waals surface area contributed by atoms with Gasteiger partial charge in [-0.05, 0) is 43.2 Å². The molecule has 1 heterocycles. The fraction of sp³-hybridized carbons (Fsp3) is 0.364. The van der Waals surface area contributed by atoms with Crippen molar-refractivity contribution in [1.29, 1.82) is 0 Å². The third-order valence-corrected chi connectivity index (χ3v) is 4.87. The van der Waals surface area contributed by atoms with Crippen LogP contribution in [0.2, 0.25) is 0 Å². The molecule has 6 heteroatoms. The number of rotatable bonds is 8. The quantitative estimate of drug-likeness (QED) is 0.648. The van der Waals surface area contributed by atoms with Gasteiger partial charge in [0, 0.05) is 12.5 Å². The van der Waals surface area contributed by atoms with Crippen LogP contribution >= 0.6 is 0 Å². The molecule has 1 amide bonds. The maximum atomic E-state index is 12.5. The normalized spacial score (nSPS) is 12.0. The summed E-state index contributed by atoms with van der Waals surface area (Å²) in [5.74, 6) is 2.20. The zero-order valence-electron chi connectivity index (χ0n) is 16.9. The van der Waals surface area contributed by atoms with Gasteiger partial charge < -0.3 is 19.4 Å². The lowest BCUT2D eigenvalue weighted by molar-refractivity contribution is -0.122. The Bertz CT molecular complexity index is 965. The first-order chi connectivity index (χ1) is 13.5. The van der Waals surface area contributed by atoms with E-state index in [4.69, 9.17) is 14.5 Å². The molecule has 2 aromatic carbocycles. The molecule has 1 atom stereocenters. The lowest BCUT2D eigenvalue weighted by atomic mass is 10.1. The van der Waals surface area contributed by atoms with Crippen LogP contribution in [-0.2, 0) is 17.8 Å². The molecule has 3 aromatic rings. The predicted molar refractivity (Wildman–Crippen MR) is 110 cm³/mol. The van der Waals surface area contributed by atoms with E-state index in [-0.39, 0.29) is 18.5 Å². The number of amides is 1. The number of aromatic nitrogens is 2. The molecule has 1 aromatic heterocycles. The minimum atomic E-state index is -0.00827. The molecule has 0 radical (unpaired) electrons. The Hall–Kier alpha value is -3.02. The summed E-state index contributed by atoms with van der Waals surface area (Å²) in [6.07, 6.45) is 1.49. The van der Waals surface area contributed by atoms with E-state index >= 15 is 0 Å². The van der Waals surface area contributed by atoms with Gasteiger partial charge in [-0.15, -0.1) is 0 Å². The number of methoxy groups -OCH3 is 2. The summed E-state index contributed by atoms with van der Waals surface area (Å²) < 4.78 is 12.7. The highest BCUT2D eigenvalue weighted by molar-refractivity contribution is 5.81. The minimum absolute atomic E-state index is 0.00827. The summed E-state index contributed by atoms with van der Waals surface area (Å²) >= 11 is 0. The van der Waals surface area contributed by atoms with Crippen molar-refractivity contribution in [2.45, 2.75) is 39.3 Å². The van der Waals surface area contributed by atoms with Gasteiger partial charge in [0.2, 0.25) is 5.91 Å². The molecule has 0 spiro atoms. The standard InChI is InChI=1S/C22H27N3O3/c1-5-15(2)23-22(26)14-25-18-9-7-6-8-17(18)24-21(25)13-16-10-11-19(27-3)20(12-16)28-4/h6-12,15H,5,13-14H2,1-4H3,(H,23,26). The smallest absolute Gasteiger partial charge is 0.240 e. The van der Waals surface area contributed by atoms with E-state index in [1.807, 2.05) is 54.0 Å². The largest absolute Gasteiger partial charge is 0.493 e. The van der Waals surface area contributed by atoms with E-state index in [0.717, 1.165) is 28.8 Å². The first kappa shape index (κ1) is 19.7. The molecule has 0 fully saturated rings. The van der Waals surface area contributed by atoms with Crippen LogP contribution in [0.1, 0.15) is 31.7 Å². The van der Waals surface area contributed by atoms with Gasteiger partial charge in [0.1, 0.15) is 12.4 Å². The molecule has 3 rings (SSSR count). The summed E-state index contributed by atoms with van der Waals surface area (Å²) in [4.78, 5) is 17.3. The Labute approximate surface area is 165 Å². The molecule has 28 heavy (non-hydrogen) atoms. The Kier molecular flexibility index (Phi) is 6.19. The van der Waals surface area contributed by atoms with Gasteiger partial charge in [-0.25, -0.2) is 4.98 Å². The number of nitrogens with zero attached hydrogens (tertiary/aromatic N) is 2. The maximum Gasteiger partial charge on any atom is 0.240 e. The van der Waals surface area contributed by atoms with Gasteiger partial charge in [-0.2, -0.15) is 0 Å². The Morgan fingerprint density at radius 1 is 1.14 bits per heavy atom. The lowest BCUT2D eigenvalue weighted by Gasteiger charge is -2.14. The lowest BCUT2D eigenvalue weighted by Crippen LogP contribution is -2.34. The second kappa shape index (κ2) is 8.78. The van der Waals surface area contributed by atoms with Crippen LogP contribution in [0.3, 0.4) is 0 Å². The number of hydrogen-bond donors (Lipinski definition) is 1. The number of fused-ring (bicyclic) bond motifs is 1. The van der Waals surface area contributed by atoms with Crippen molar-refractivity contribution < 1.29 is 14.3 Å². The van der Waals surface area contributed by atoms with Crippen molar-refractivity contribution in [1.82, 2.24) is 14.9 Å². The second-order valence-corrected chi connectivity index (χ2v) is 6.85. The highest BCUT2D eigenvalue weighted by atomic mass is 16.5. The predicted octanol–water partition coefficient (Wildman–Crippen LogP) is 3.56. The molecule has 0 aliphatic rings. The van der Waals surface area contributed by atoms with Crippen LogP contribution < -0.4 is 14.8 Å². The van der Waals surface area contributed by atoms with E-state index in [1.165, 1.54) is 0 Å². The van der Waals surface area contributed by atoms with Gasteiger partial charge >= 0.3 is 0 Å². The number of imidazole rings is 1. The van der Waals surface area contributed by atoms with Gasteiger partial charge in [-0.1, -0.05) is 25.1 Å². The van der Waals surface area contributed by atoms with E-state index in [2.05, 4.69) is 12.2 Å². The van der Waals surface area contributed by atoms with Gasteiger partial charge in [-0.3, -0.25) is 4.79 Å². The van der Waals surface area contributed by atoms with Crippen molar-refractivity contribution in [3.63, 3.8) is 0 Å². The summed E-state index contributed by atoms with van der Waals surface area (Å²) in [7, 11) is 3.24. The van der Waals surface area contributed by atoms with Crippen LogP contribution in [0, 0.1) is 0 Å². The van der Waals surface area contributed by atoms with E-state index in [9.17, 15) is 4.79 Å². The van der Waals surface area contributed by atoms with E-state index in [0.29, 0.717) is 17.9 Å². The average molecular weight is 381 g/mol. The maximum absolute atomic E-state index is 12.5. The molecule has 1 N–H and O–H groups in total. The van der Waals surface area contributed by atoms with Crippen molar-refractivity contribution in [2.75, 3.05) is 14.2 Å². The molecular formula is C22H27N3O3. The number of para-hydroxylation sites is 2. The first-order valence-electron chi connectivity index (χ1n) is 9.50. The monoisotopic (exact) mass is 381 g/mol. The number of benzene rings is 2. The number of ether oxygens (including phenoxy) is 2. The molecule has 0 bridgehead atoms. The minimum Gasteiger partial charge on any atom is -0.493 e. The topological polar surface area (TPSA) is 65.4 Å². The van der Waals surface area contributed by atoms with Crippen molar-refractivity contribution >= 4 is 16.9 Å². The highest BCUT2D eigenvalue weighted by Crippen LogP contribution is 2.29. The van der Waals surface area contributed by atoms with Crippen LogP contribution in [0.15, 0.2) is 42.5 Å². The molecule has 0 aliphatic carbocycles. The Balaban J connectivity index is 1.93. The van der Waals surface area contributed by atoms with E-state index < -0.39 is 0 Å². The van der Waals surface area contributed by atoms with Crippen molar-refractivity contribution in [3.05, 3.63) is 53.9 Å². The third kappa shape index (κ3) is 4.27. The van der Waals surface area contributed by atoms with Gasteiger partial charge in [0.15, 0.2) is 11.5 Å². The summed E-state index contributed by atoms with van der Waals surface area (Å²) in [5, 5.41) is 3.03. The van der Waals surface area contributed by atoms with Crippen LogP contribution in [0.4, 0.5) is 0 Å². The molecule has 1 unspecified atom stereocenters. The zero-order chi connectivity index (χ0) is 20.1. The Morgan fingerprint density at radius 2 is 1.89 bits per heavy atom. The van der Waals surface area contributed by atoms with Crippen molar-refractivity contribution in [3.8, 4) is 11.5 Å². The molecule has 0 saturated heterocycles. The average Bonchev–Trinajstić information content (AvgIpc) is 3.04. The molecule has 148 valence electrons. The molecule has 0 aliphatic heterocycles. The van der Waals surface area contributed by atoms with Crippen LogP contribution in [-0.4, -0.2) is 35.7 Å².